The molecule has 25 heavy (non-hydrogen) atoms. The van der Waals surface area contributed by atoms with Gasteiger partial charge in [0, 0.05) is 30.6 Å². The van der Waals surface area contributed by atoms with E-state index in [1.54, 1.807) is 13.3 Å². The lowest BCUT2D eigenvalue weighted by Crippen LogP contribution is -2.63. The molecule has 1 saturated heterocycles. The third-order valence-corrected chi connectivity index (χ3v) is 7.34. The van der Waals surface area contributed by atoms with Crippen LogP contribution in [0.2, 0.25) is 0 Å². The van der Waals surface area contributed by atoms with Gasteiger partial charge in [0.25, 0.3) is 0 Å². The Balaban J connectivity index is 1.65. The van der Waals surface area contributed by atoms with Gasteiger partial charge >= 0.3 is 0 Å². The van der Waals surface area contributed by atoms with Crippen LogP contribution in [-0.2, 0) is 14.6 Å². The molecule has 0 aromatic carbocycles. The average molecular weight is 387 g/mol. The van der Waals surface area contributed by atoms with Gasteiger partial charge in [-0.15, -0.1) is 11.8 Å². The van der Waals surface area contributed by atoms with Crippen molar-refractivity contribution in [2.45, 2.75) is 41.7 Å². The van der Waals surface area contributed by atoms with Crippen molar-refractivity contribution in [3.8, 4) is 0 Å². The van der Waals surface area contributed by atoms with E-state index in [1.165, 1.54) is 6.26 Å². The zero-order valence-corrected chi connectivity index (χ0v) is 16.2. The predicted molar refractivity (Wildman–Crippen MR) is 104 cm³/mol. The Hall–Kier alpha value is -0.900. The number of piperazine rings is 1. The number of thioether (sulfide) groups is 1. The van der Waals surface area contributed by atoms with Crippen molar-refractivity contribution in [2.24, 2.45) is 9.98 Å². The normalized spacial score (nSPS) is 37.4. The van der Waals surface area contributed by atoms with Crippen LogP contribution in [0.4, 0.5) is 0 Å². The summed E-state index contributed by atoms with van der Waals surface area (Å²) in [7, 11) is -1.41. The van der Waals surface area contributed by atoms with E-state index in [-0.39, 0.29) is 18.3 Å². The van der Waals surface area contributed by atoms with Gasteiger partial charge in [-0.3, -0.25) is 15.3 Å². The first kappa shape index (κ1) is 18.9. The number of hydrogen-bond donors (Lipinski definition) is 2. The van der Waals surface area contributed by atoms with Crippen LogP contribution in [0.3, 0.4) is 0 Å². The number of hydrogen-bond acceptors (Lipinski definition) is 7. The smallest absolute Gasteiger partial charge is 0.155 e. The predicted octanol–water partition coefficient (Wildman–Crippen LogP) is 0.237. The van der Waals surface area contributed by atoms with Crippen LogP contribution in [0, 0.1) is 0 Å². The van der Waals surface area contributed by atoms with Crippen LogP contribution in [0.1, 0.15) is 12.8 Å². The second-order valence-electron chi connectivity index (χ2n) is 6.61. The Morgan fingerprint density at radius 3 is 2.88 bits per heavy atom. The molecule has 0 saturated carbocycles. The highest BCUT2D eigenvalue weighted by atomic mass is 32.2. The molecule has 0 bridgehead atoms. The molecule has 3 heterocycles. The third kappa shape index (κ3) is 4.84. The zero-order chi connectivity index (χ0) is 17.9. The van der Waals surface area contributed by atoms with Gasteiger partial charge in [-0.05, 0) is 12.8 Å². The molecule has 2 N–H and O–H groups in total. The number of sulfone groups is 1. The quantitative estimate of drug-likeness (QED) is 0.658. The fourth-order valence-electron chi connectivity index (χ4n) is 3.32. The number of rotatable bonds is 5. The van der Waals surface area contributed by atoms with Crippen molar-refractivity contribution in [2.75, 3.05) is 32.2 Å². The summed E-state index contributed by atoms with van der Waals surface area (Å²) in [4.78, 5) is 9.22. The number of aliphatic imine (C=N–C) groups is 2. The summed E-state index contributed by atoms with van der Waals surface area (Å²) in [5.41, 5.74) is 0. The monoisotopic (exact) mass is 386 g/mol. The van der Waals surface area contributed by atoms with Crippen LogP contribution < -0.4 is 10.6 Å². The van der Waals surface area contributed by atoms with Crippen molar-refractivity contribution in [3.05, 3.63) is 12.2 Å². The number of ether oxygens (including phenoxy) is 1. The molecular weight excluding hydrogens is 360 g/mol. The van der Waals surface area contributed by atoms with Crippen molar-refractivity contribution in [1.29, 1.82) is 0 Å². The Morgan fingerprint density at radius 2 is 2.28 bits per heavy atom. The molecule has 0 radical (unpaired) electrons. The maximum Gasteiger partial charge on any atom is 0.155 e. The molecule has 0 aliphatic carbocycles. The van der Waals surface area contributed by atoms with E-state index < -0.39 is 15.1 Å². The molecular formula is C16H26N4O3S2. The zero-order valence-electron chi connectivity index (χ0n) is 14.6. The summed E-state index contributed by atoms with van der Waals surface area (Å²) < 4.78 is 28.9. The van der Waals surface area contributed by atoms with Gasteiger partial charge in [-0.1, -0.05) is 12.2 Å². The molecule has 7 nitrogen and oxygen atoms in total. The number of amidine groups is 1. The van der Waals surface area contributed by atoms with Gasteiger partial charge in [0.15, 0.2) is 9.84 Å². The van der Waals surface area contributed by atoms with E-state index in [2.05, 4.69) is 27.8 Å². The maximum atomic E-state index is 11.7. The topological polar surface area (TPSA) is 92.1 Å². The highest BCUT2D eigenvalue weighted by Crippen LogP contribution is 2.22. The molecule has 0 aromatic rings. The van der Waals surface area contributed by atoms with Crippen LogP contribution in [-0.4, -0.2) is 81.5 Å². The fourth-order valence-corrected chi connectivity index (χ4v) is 5.04. The molecule has 3 aliphatic rings. The lowest BCUT2D eigenvalue weighted by atomic mass is 9.97. The van der Waals surface area contributed by atoms with Gasteiger partial charge in [0.1, 0.15) is 12.1 Å². The molecule has 5 unspecified atom stereocenters. The van der Waals surface area contributed by atoms with Crippen LogP contribution in [0.5, 0.6) is 0 Å². The van der Waals surface area contributed by atoms with Gasteiger partial charge in [0.2, 0.25) is 0 Å². The summed E-state index contributed by atoms with van der Waals surface area (Å²) in [5.74, 6) is 1.98. The first-order valence-electron chi connectivity index (χ1n) is 8.54. The van der Waals surface area contributed by atoms with Crippen LogP contribution in [0.25, 0.3) is 0 Å². The van der Waals surface area contributed by atoms with E-state index in [4.69, 9.17) is 9.73 Å². The molecule has 140 valence electrons. The van der Waals surface area contributed by atoms with E-state index in [0.717, 1.165) is 18.1 Å². The summed E-state index contributed by atoms with van der Waals surface area (Å²) in [6.45, 7) is 1.40. The molecule has 9 heteroatoms. The number of nitrogens with zero attached hydrogens (tertiary/aromatic N) is 2. The fraction of sp³-hybridized carbons (Fsp3) is 0.750. The Bertz CT molecular complexity index is 662. The first-order valence-corrected chi connectivity index (χ1v) is 11.5. The van der Waals surface area contributed by atoms with Crippen LogP contribution in [0.15, 0.2) is 22.1 Å². The van der Waals surface area contributed by atoms with Crippen molar-refractivity contribution >= 4 is 33.6 Å². The minimum absolute atomic E-state index is 0.0262. The highest BCUT2D eigenvalue weighted by Gasteiger charge is 2.36. The highest BCUT2D eigenvalue weighted by molar-refractivity contribution is 8.00. The minimum atomic E-state index is -3.08. The second kappa shape index (κ2) is 8.20. The summed E-state index contributed by atoms with van der Waals surface area (Å²) in [5, 5.41) is 6.80. The van der Waals surface area contributed by atoms with Gasteiger partial charge < -0.3 is 10.1 Å². The molecule has 0 aromatic heterocycles. The Labute approximate surface area is 153 Å². The first-order chi connectivity index (χ1) is 12.0. The van der Waals surface area contributed by atoms with E-state index >= 15 is 0 Å². The van der Waals surface area contributed by atoms with Gasteiger partial charge in [0.05, 0.1) is 30.4 Å². The van der Waals surface area contributed by atoms with Crippen molar-refractivity contribution in [1.82, 2.24) is 10.6 Å². The molecule has 3 aliphatic heterocycles. The van der Waals surface area contributed by atoms with Crippen LogP contribution >= 0.6 is 11.8 Å². The summed E-state index contributed by atoms with van der Waals surface area (Å²) in [6.07, 6.45) is 8.38. The SMILES string of the molecule is COC1NCC(=NCC2C=CCS2)NC1C1CCC(S(C)(=O)=O)C=N1. The maximum absolute atomic E-state index is 11.7. The largest absolute Gasteiger partial charge is 0.364 e. The van der Waals surface area contributed by atoms with Gasteiger partial charge in [-0.25, -0.2) is 8.42 Å². The lowest BCUT2D eigenvalue weighted by Gasteiger charge is -2.38. The summed E-state index contributed by atoms with van der Waals surface area (Å²) in [6, 6.07) is -0.0808. The van der Waals surface area contributed by atoms with Crippen molar-refractivity contribution < 1.29 is 13.2 Å². The number of nitrogens with one attached hydrogen (secondary N) is 2. The van der Waals surface area contributed by atoms with E-state index in [9.17, 15) is 8.42 Å². The molecule has 3 rings (SSSR count). The van der Waals surface area contributed by atoms with Gasteiger partial charge in [-0.2, -0.15) is 0 Å². The van der Waals surface area contributed by atoms with Crippen molar-refractivity contribution in [3.63, 3.8) is 0 Å². The van der Waals surface area contributed by atoms with E-state index in [1.807, 2.05) is 11.8 Å². The average Bonchev–Trinajstić information content (AvgIpc) is 3.12. The molecule has 0 spiro atoms. The molecule has 5 atom stereocenters. The van der Waals surface area contributed by atoms with E-state index in [0.29, 0.717) is 24.6 Å². The lowest BCUT2D eigenvalue weighted by molar-refractivity contribution is 0.0347. The Kier molecular flexibility index (Phi) is 6.19. The molecule has 0 amide bonds. The summed E-state index contributed by atoms with van der Waals surface area (Å²) >= 11 is 1.90. The minimum Gasteiger partial charge on any atom is -0.364 e. The Morgan fingerprint density at radius 1 is 1.44 bits per heavy atom. The standard InChI is InChI=1S/C16H26N4O3S2/c1-23-16-15(13-6-5-12(9-17-13)25(2,21)22)20-14(10-19-16)18-8-11-4-3-7-24-11/h3-4,9,11-13,15-16,19H,5-8,10H2,1-2H3,(H,18,20). The number of methoxy groups -OCH3 is 1. The second-order valence-corrected chi connectivity index (χ2v) is 10.1. The molecule has 1 fully saturated rings. The third-order valence-electron chi connectivity index (χ3n) is 4.76.